The second kappa shape index (κ2) is 9.88. The number of nitrogens with zero attached hydrogens (tertiary/aromatic N) is 1. The highest BCUT2D eigenvalue weighted by molar-refractivity contribution is 7.80. The lowest BCUT2D eigenvalue weighted by Crippen LogP contribution is -2.25. The summed E-state index contributed by atoms with van der Waals surface area (Å²) in [6, 6.07) is 9.80. The van der Waals surface area contributed by atoms with Crippen LogP contribution in [0.4, 0.5) is 0 Å². The van der Waals surface area contributed by atoms with Crippen LogP contribution in [0.1, 0.15) is 38.2 Å². The summed E-state index contributed by atoms with van der Waals surface area (Å²) < 4.78 is 4.90. The van der Waals surface area contributed by atoms with E-state index < -0.39 is 0 Å². The van der Waals surface area contributed by atoms with Crippen LogP contribution in [0.5, 0.6) is 0 Å². The number of ether oxygens (including phenoxy) is 1. The van der Waals surface area contributed by atoms with E-state index in [0.717, 1.165) is 30.5 Å². The Morgan fingerprint density at radius 1 is 1.29 bits per heavy atom. The van der Waals surface area contributed by atoms with E-state index in [-0.39, 0.29) is 11.1 Å². The molecule has 0 bridgehead atoms. The summed E-state index contributed by atoms with van der Waals surface area (Å²) in [4.78, 5) is 11.3. The average molecular weight is 307 g/mol. The number of carbonyl (C=O) groups is 1. The number of hydrogen-bond acceptors (Lipinski definition) is 4. The molecule has 0 amide bonds. The summed E-state index contributed by atoms with van der Waals surface area (Å²) in [6.07, 6.45) is 2.76. The molecule has 6 heteroatoms. The number of carbonyl (C=O) groups excluding carboxylic acids is 1. The minimum atomic E-state index is -0.156. The van der Waals surface area contributed by atoms with Gasteiger partial charge in [-0.25, -0.2) is 0 Å². The summed E-state index contributed by atoms with van der Waals surface area (Å²) in [5, 5.41) is 4.36. The molecule has 1 aromatic carbocycles. The van der Waals surface area contributed by atoms with Gasteiger partial charge < -0.3 is 10.5 Å². The van der Waals surface area contributed by atoms with Crippen molar-refractivity contribution < 1.29 is 9.53 Å². The summed E-state index contributed by atoms with van der Waals surface area (Å²) in [7, 11) is 0. The van der Waals surface area contributed by atoms with Crippen molar-refractivity contribution in [3.8, 4) is 0 Å². The molecule has 0 radical (unpaired) electrons. The molecule has 0 aliphatic heterocycles. The molecule has 0 spiro atoms. The van der Waals surface area contributed by atoms with E-state index >= 15 is 0 Å². The van der Waals surface area contributed by atoms with Crippen LogP contribution >= 0.6 is 12.2 Å². The van der Waals surface area contributed by atoms with Crippen molar-refractivity contribution in [2.75, 3.05) is 6.61 Å². The number of unbranched alkanes of at least 4 members (excludes halogenated alkanes) is 1. The third kappa shape index (κ3) is 7.41. The first kappa shape index (κ1) is 17.1. The number of hydrogen-bond donors (Lipinski definition) is 2. The third-order valence-corrected chi connectivity index (χ3v) is 2.85. The quantitative estimate of drug-likeness (QED) is 0.253. The molecule has 21 heavy (non-hydrogen) atoms. The van der Waals surface area contributed by atoms with Crippen molar-refractivity contribution in [2.24, 2.45) is 10.8 Å². The zero-order chi connectivity index (χ0) is 15.5. The van der Waals surface area contributed by atoms with E-state index in [9.17, 15) is 4.79 Å². The zero-order valence-electron chi connectivity index (χ0n) is 12.2. The van der Waals surface area contributed by atoms with Crippen molar-refractivity contribution in [3.05, 3.63) is 35.9 Å². The van der Waals surface area contributed by atoms with Crippen molar-refractivity contribution >= 4 is 29.0 Å². The van der Waals surface area contributed by atoms with Gasteiger partial charge in [-0.15, -0.1) is 0 Å². The van der Waals surface area contributed by atoms with E-state index in [0.29, 0.717) is 13.0 Å². The maximum absolute atomic E-state index is 11.3. The van der Waals surface area contributed by atoms with Crippen molar-refractivity contribution in [2.45, 2.75) is 32.6 Å². The fourth-order valence-corrected chi connectivity index (χ4v) is 1.86. The van der Waals surface area contributed by atoms with Crippen LogP contribution in [-0.2, 0) is 9.53 Å². The van der Waals surface area contributed by atoms with Gasteiger partial charge in [0.25, 0.3) is 0 Å². The van der Waals surface area contributed by atoms with Crippen LogP contribution in [0.25, 0.3) is 0 Å². The number of thiocarbonyl (C=S) groups is 1. The molecule has 1 rings (SSSR count). The minimum Gasteiger partial charge on any atom is -0.466 e. The Morgan fingerprint density at radius 3 is 2.57 bits per heavy atom. The molecule has 3 N–H and O–H groups in total. The molecule has 1 aromatic rings. The predicted molar refractivity (Wildman–Crippen MR) is 88.0 cm³/mol. The average Bonchev–Trinajstić information content (AvgIpc) is 2.47. The van der Waals surface area contributed by atoms with E-state index in [1.807, 2.05) is 30.3 Å². The van der Waals surface area contributed by atoms with Gasteiger partial charge in [0, 0.05) is 6.42 Å². The third-order valence-electron chi connectivity index (χ3n) is 2.76. The lowest BCUT2D eigenvalue weighted by molar-refractivity contribution is -0.143. The van der Waals surface area contributed by atoms with Gasteiger partial charge in [0.05, 0.1) is 12.3 Å². The molecular weight excluding hydrogens is 286 g/mol. The van der Waals surface area contributed by atoms with Gasteiger partial charge in [-0.1, -0.05) is 30.3 Å². The molecular formula is C15H21N3O2S. The van der Waals surface area contributed by atoms with E-state index in [4.69, 9.17) is 22.7 Å². The normalized spacial score (nSPS) is 11.0. The van der Waals surface area contributed by atoms with Crippen molar-refractivity contribution in [1.82, 2.24) is 5.43 Å². The highest BCUT2D eigenvalue weighted by atomic mass is 32.1. The van der Waals surface area contributed by atoms with Gasteiger partial charge in [0.1, 0.15) is 0 Å². The van der Waals surface area contributed by atoms with Crippen LogP contribution in [0, 0.1) is 0 Å². The summed E-state index contributed by atoms with van der Waals surface area (Å²) in [5.41, 5.74) is 9.90. The first-order valence-corrected chi connectivity index (χ1v) is 7.37. The van der Waals surface area contributed by atoms with Crippen LogP contribution in [0.15, 0.2) is 35.4 Å². The highest BCUT2D eigenvalue weighted by Gasteiger charge is 2.06. The number of hydrazone groups is 1. The number of nitrogens with two attached hydrogens (primary N) is 1. The van der Waals surface area contributed by atoms with E-state index in [1.165, 1.54) is 0 Å². The smallest absolute Gasteiger partial charge is 0.305 e. The number of rotatable bonds is 8. The monoisotopic (exact) mass is 307 g/mol. The standard InChI is InChI=1S/C15H21N3O2S/c1-2-20-14(19)11-7-6-10-13(17-18-15(16)21)12-8-4-3-5-9-12/h3-5,8-9H,2,6-7,10-11H2,1H3,(H3,16,18,21). The molecule has 0 heterocycles. The molecule has 0 saturated carbocycles. The van der Waals surface area contributed by atoms with E-state index in [2.05, 4.69) is 10.5 Å². The fourth-order valence-electron chi connectivity index (χ4n) is 1.81. The van der Waals surface area contributed by atoms with Crippen LogP contribution in [-0.4, -0.2) is 23.4 Å². The first-order valence-electron chi connectivity index (χ1n) is 6.96. The molecule has 0 saturated heterocycles. The molecule has 0 atom stereocenters. The minimum absolute atomic E-state index is 0.134. The molecule has 0 aromatic heterocycles. The van der Waals surface area contributed by atoms with Gasteiger partial charge >= 0.3 is 5.97 Å². The van der Waals surface area contributed by atoms with Crippen molar-refractivity contribution in [1.29, 1.82) is 0 Å². The molecule has 0 aliphatic carbocycles. The van der Waals surface area contributed by atoms with Gasteiger partial charge in [-0.3, -0.25) is 10.2 Å². The SMILES string of the molecule is CCOC(=O)CCCCC(=NNC(N)=S)c1ccccc1. The van der Waals surface area contributed by atoms with Gasteiger partial charge in [0.2, 0.25) is 0 Å². The summed E-state index contributed by atoms with van der Waals surface area (Å²) in [5.74, 6) is -0.156. The fraction of sp³-hybridized carbons (Fsp3) is 0.400. The van der Waals surface area contributed by atoms with Gasteiger partial charge in [0.15, 0.2) is 5.11 Å². The first-order chi connectivity index (χ1) is 10.1. The Bertz CT molecular complexity index is 489. The second-order valence-corrected chi connectivity index (χ2v) is 4.85. The lowest BCUT2D eigenvalue weighted by Gasteiger charge is -2.07. The topological polar surface area (TPSA) is 76.7 Å². The zero-order valence-corrected chi connectivity index (χ0v) is 13.0. The molecule has 5 nitrogen and oxygen atoms in total. The molecule has 0 unspecified atom stereocenters. The maximum Gasteiger partial charge on any atom is 0.305 e. The number of esters is 1. The Morgan fingerprint density at radius 2 is 1.95 bits per heavy atom. The Balaban J connectivity index is 2.53. The second-order valence-electron chi connectivity index (χ2n) is 4.41. The summed E-state index contributed by atoms with van der Waals surface area (Å²) in [6.45, 7) is 2.23. The van der Waals surface area contributed by atoms with E-state index in [1.54, 1.807) is 6.92 Å². The largest absolute Gasteiger partial charge is 0.466 e. The highest BCUT2D eigenvalue weighted by Crippen LogP contribution is 2.09. The Kier molecular flexibility index (Phi) is 8.04. The number of benzene rings is 1. The molecule has 114 valence electrons. The Labute approximate surface area is 130 Å². The molecule has 0 fully saturated rings. The van der Waals surface area contributed by atoms with Gasteiger partial charge in [-0.05, 0) is 44.0 Å². The van der Waals surface area contributed by atoms with Crippen molar-refractivity contribution in [3.63, 3.8) is 0 Å². The Hall–Kier alpha value is -1.95. The maximum atomic E-state index is 11.3. The molecule has 0 aliphatic rings. The lowest BCUT2D eigenvalue weighted by atomic mass is 10.0. The number of nitrogens with one attached hydrogen (secondary N) is 1. The summed E-state index contributed by atoms with van der Waals surface area (Å²) >= 11 is 4.76. The van der Waals surface area contributed by atoms with Crippen LogP contribution < -0.4 is 11.2 Å². The van der Waals surface area contributed by atoms with Crippen LogP contribution in [0.3, 0.4) is 0 Å². The van der Waals surface area contributed by atoms with Gasteiger partial charge in [-0.2, -0.15) is 5.10 Å². The van der Waals surface area contributed by atoms with Crippen LogP contribution in [0.2, 0.25) is 0 Å². The predicted octanol–water partition coefficient (Wildman–Crippen LogP) is 2.35.